The lowest BCUT2D eigenvalue weighted by molar-refractivity contribution is -0.119. The van der Waals surface area contributed by atoms with Gasteiger partial charge in [-0.1, -0.05) is 43.2 Å². The highest BCUT2D eigenvalue weighted by Crippen LogP contribution is 2.25. The molecule has 0 spiro atoms. The Hall–Kier alpha value is -2.35. The number of fused-ring (bicyclic) bond motifs is 1. The molecule has 2 aromatic rings. The number of para-hydroxylation sites is 1. The monoisotopic (exact) mass is 416 g/mol. The van der Waals surface area contributed by atoms with Crippen molar-refractivity contribution < 1.29 is 9.59 Å². The summed E-state index contributed by atoms with van der Waals surface area (Å²) in [5.41, 5.74) is 0.468. The maximum Gasteiger partial charge on any atom is 0.321 e. The van der Waals surface area contributed by atoms with E-state index in [2.05, 4.69) is 15.6 Å². The lowest BCUT2D eigenvalue weighted by Crippen LogP contribution is -2.47. The van der Waals surface area contributed by atoms with Gasteiger partial charge in [-0.15, -0.1) is 0 Å². The molecule has 0 unspecified atom stereocenters. The highest BCUT2D eigenvalue weighted by atomic mass is 32.2. The third-order valence-corrected chi connectivity index (χ3v) is 6.19. The first-order chi connectivity index (χ1) is 13.9. The first-order valence-electron chi connectivity index (χ1n) is 10.2. The van der Waals surface area contributed by atoms with Crippen LogP contribution in [0.2, 0.25) is 0 Å². The van der Waals surface area contributed by atoms with Crippen LogP contribution >= 0.6 is 11.8 Å². The number of nitrogens with zero attached hydrogens (tertiary/aromatic N) is 2. The minimum Gasteiger partial charge on any atom is -0.335 e. The average Bonchev–Trinajstić information content (AvgIpc) is 2.68. The second kappa shape index (κ2) is 9.43. The number of carbonyl (C=O) groups is 2. The molecule has 0 saturated heterocycles. The molecule has 3 rings (SSSR count). The van der Waals surface area contributed by atoms with E-state index in [0.717, 1.165) is 25.7 Å². The molecule has 1 aromatic carbocycles. The number of imide groups is 1. The summed E-state index contributed by atoms with van der Waals surface area (Å²) in [7, 11) is 0. The van der Waals surface area contributed by atoms with Crippen molar-refractivity contribution >= 4 is 34.6 Å². The largest absolute Gasteiger partial charge is 0.335 e. The number of rotatable bonds is 5. The molecule has 1 aliphatic carbocycles. The SMILES string of the molecule is CC(C)n1c(S[C@H](C)C(=O)NC(=O)NC2CCCCC2)nc2ccccc2c1=O. The van der Waals surface area contributed by atoms with Gasteiger partial charge in [-0.3, -0.25) is 19.5 Å². The fourth-order valence-corrected chi connectivity index (χ4v) is 4.60. The zero-order valence-electron chi connectivity index (χ0n) is 17.1. The van der Waals surface area contributed by atoms with Gasteiger partial charge < -0.3 is 5.32 Å². The third kappa shape index (κ3) is 5.18. The summed E-state index contributed by atoms with van der Waals surface area (Å²) in [4.78, 5) is 42.2. The molecule has 1 aliphatic rings. The van der Waals surface area contributed by atoms with Crippen LogP contribution in [0.4, 0.5) is 4.79 Å². The van der Waals surface area contributed by atoms with Gasteiger partial charge in [0.05, 0.1) is 16.2 Å². The molecular weight excluding hydrogens is 388 g/mol. The van der Waals surface area contributed by atoms with Crippen LogP contribution in [-0.4, -0.2) is 32.8 Å². The molecule has 8 heteroatoms. The maximum absolute atomic E-state index is 12.9. The summed E-state index contributed by atoms with van der Waals surface area (Å²) in [6.45, 7) is 5.52. The Morgan fingerprint density at radius 3 is 2.52 bits per heavy atom. The van der Waals surface area contributed by atoms with Gasteiger partial charge in [0.15, 0.2) is 5.16 Å². The molecule has 7 nitrogen and oxygen atoms in total. The van der Waals surface area contributed by atoms with Crippen molar-refractivity contribution in [3.63, 3.8) is 0 Å². The van der Waals surface area contributed by atoms with Crippen molar-refractivity contribution in [2.45, 2.75) is 75.4 Å². The lowest BCUT2D eigenvalue weighted by atomic mass is 9.96. The molecule has 29 heavy (non-hydrogen) atoms. The van der Waals surface area contributed by atoms with Crippen LogP contribution in [0.3, 0.4) is 0 Å². The van der Waals surface area contributed by atoms with Gasteiger partial charge in [0.1, 0.15) is 0 Å². The van der Waals surface area contributed by atoms with Crippen molar-refractivity contribution in [1.29, 1.82) is 0 Å². The van der Waals surface area contributed by atoms with Crippen LogP contribution in [0.5, 0.6) is 0 Å². The normalized spacial score (nSPS) is 16.0. The minimum atomic E-state index is -0.579. The number of benzene rings is 1. The molecule has 1 heterocycles. The molecule has 1 saturated carbocycles. The fourth-order valence-electron chi connectivity index (χ4n) is 3.56. The highest BCUT2D eigenvalue weighted by Gasteiger charge is 2.23. The Bertz CT molecular complexity index is 951. The van der Waals surface area contributed by atoms with Gasteiger partial charge in [0, 0.05) is 12.1 Å². The number of amides is 3. The summed E-state index contributed by atoms with van der Waals surface area (Å²) in [5.74, 6) is -0.402. The van der Waals surface area contributed by atoms with Crippen molar-refractivity contribution in [2.24, 2.45) is 0 Å². The standard InChI is InChI=1S/C21H28N4O3S/c1-13(2)25-19(27)16-11-7-8-12-17(16)23-21(25)29-14(3)18(26)24-20(28)22-15-9-5-4-6-10-15/h7-8,11-15H,4-6,9-10H2,1-3H3,(H2,22,24,26,28)/t14-/m1/s1. The molecule has 1 atom stereocenters. The fraction of sp³-hybridized carbons (Fsp3) is 0.524. The van der Waals surface area contributed by atoms with E-state index < -0.39 is 17.2 Å². The Morgan fingerprint density at radius 1 is 1.14 bits per heavy atom. The van der Waals surface area contributed by atoms with Crippen LogP contribution in [0.15, 0.2) is 34.2 Å². The highest BCUT2D eigenvalue weighted by molar-refractivity contribution is 8.00. The predicted octanol–water partition coefficient (Wildman–Crippen LogP) is 3.62. The Kier molecular flexibility index (Phi) is 6.95. The molecule has 0 radical (unpaired) electrons. The summed E-state index contributed by atoms with van der Waals surface area (Å²) in [6.07, 6.45) is 5.31. The summed E-state index contributed by atoms with van der Waals surface area (Å²) < 4.78 is 1.60. The molecule has 0 aliphatic heterocycles. The predicted molar refractivity (Wildman–Crippen MR) is 115 cm³/mol. The second-order valence-corrected chi connectivity index (χ2v) is 9.05. The molecule has 0 bridgehead atoms. The van der Waals surface area contributed by atoms with Gasteiger partial charge in [0.2, 0.25) is 5.91 Å². The summed E-state index contributed by atoms with van der Waals surface area (Å²) in [5, 5.41) is 5.75. The topological polar surface area (TPSA) is 93.1 Å². The summed E-state index contributed by atoms with van der Waals surface area (Å²) >= 11 is 1.18. The number of hydrogen-bond donors (Lipinski definition) is 2. The number of urea groups is 1. The van der Waals surface area contributed by atoms with E-state index in [9.17, 15) is 14.4 Å². The molecule has 3 amide bonds. The van der Waals surface area contributed by atoms with Gasteiger partial charge in [-0.05, 0) is 45.7 Å². The number of thioether (sulfide) groups is 1. The molecular formula is C21H28N4O3S. The molecule has 2 N–H and O–H groups in total. The van der Waals surface area contributed by atoms with Crippen LogP contribution < -0.4 is 16.2 Å². The van der Waals surface area contributed by atoms with E-state index in [4.69, 9.17) is 0 Å². The number of aromatic nitrogens is 2. The first-order valence-corrected chi connectivity index (χ1v) is 11.0. The van der Waals surface area contributed by atoms with Gasteiger partial charge in [-0.2, -0.15) is 0 Å². The van der Waals surface area contributed by atoms with Crippen molar-refractivity contribution in [2.75, 3.05) is 0 Å². The molecule has 156 valence electrons. The minimum absolute atomic E-state index is 0.105. The molecule has 1 aromatic heterocycles. The quantitative estimate of drug-likeness (QED) is 0.574. The molecule has 1 fully saturated rings. The van der Waals surface area contributed by atoms with Crippen molar-refractivity contribution in [3.8, 4) is 0 Å². The van der Waals surface area contributed by atoms with Gasteiger partial charge in [-0.25, -0.2) is 9.78 Å². The van der Waals surface area contributed by atoms with Crippen LogP contribution in [0, 0.1) is 0 Å². The smallest absolute Gasteiger partial charge is 0.321 e. The van der Waals surface area contributed by atoms with E-state index in [-0.39, 0.29) is 17.6 Å². The second-order valence-electron chi connectivity index (χ2n) is 7.74. The van der Waals surface area contributed by atoms with E-state index in [1.54, 1.807) is 23.6 Å². The van der Waals surface area contributed by atoms with Crippen molar-refractivity contribution in [3.05, 3.63) is 34.6 Å². The number of hydrogen-bond acceptors (Lipinski definition) is 5. The summed E-state index contributed by atoms with van der Waals surface area (Å²) in [6, 6.07) is 6.75. The van der Waals surface area contributed by atoms with E-state index in [1.165, 1.54) is 18.2 Å². The van der Waals surface area contributed by atoms with E-state index in [1.807, 2.05) is 26.0 Å². The van der Waals surface area contributed by atoms with E-state index >= 15 is 0 Å². The Morgan fingerprint density at radius 2 is 1.83 bits per heavy atom. The zero-order chi connectivity index (χ0) is 21.0. The first kappa shape index (κ1) is 21.4. The number of carbonyl (C=O) groups excluding carboxylic acids is 2. The number of nitrogens with one attached hydrogen (secondary N) is 2. The maximum atomic E-state index is 12.9. The third-order valence-electron chi connectivity index (χ3n) is 5.12. The van der Waals surface area contributed by atoms with Crippen LogP contribution in [0.1, 0.15) is 58.9 Å². The van der Waals surface area contributed by atoms with Crippen molar-refractivity contribution in [1.82, 2.24) is 20.2 Å². The Balaban J connectivity index is 1.72. The van der Waals surface area contributed by atoms with Crippen LogP contribution in [0.25, 0.3) is 10.9 Å². The lowest BCUT2D eigenvalue weighted by Gasteiger charge is -2.23. The zero-order valence-corrected chi connectivity index (χ0v) is 17.9. The van der Waals surface area contributed by atoms with Crippen LogP contribution in [-0.2, 0) is 4.79 Å². The van der Waals surface area contributed by atoms with Gasteiger partial charge in [0.25, 0.3) is 5.56 Å². The van der Waals surface area contributed by atoms with Gasteiger partial charge >= 0.3 is 6.03 Å². The Labute approximate surface area is 174 Å². The average molecular weight is 417 g/mol. The van der Waals surface area contributed by atoms with E-state index in [0.29, 0.717) is 16.1 Å².